The molecule has 0 saturated carbocycles. The van der Waals surface area contributed by atoms with Crippen LogP contribution in [0.5, 0.6) is 0 Å². The highest BCUT2D eigenvalue weighted by Gasteiger charge is 2.21. The van der Waals surface area contributed by atoms with Crippen LogP contribution >= 0.6 is 0 Å². The van der Waals surface area contributed by atoms with Crippen molar-refractivity contribution in [3.63, 3.8) is 0 Å². The Kier molecular flexibility index (Phi) is 5.43. The monoisotopic (exact) mass is 365 g/mol. The summed E-state index contributed by atoms with van der Waals surface area (Å²) in [6, 6.07) is 29.7. The SMILES string of the molecule is O=C(CCCC1=NC(c2ccccc2)=C(c2ccccc2)[N]1)c1ccccc1. The van der Waals surface area contributed by atoms with Crippen LogP contribution in [0, 0.1) is 0 Å². The van der Waals surface area contributed by atoms with Crippen LogP contribution < -0.4 is 5.32 Å². The Labute approximate surface area is 165 Å². The number of carbonyl (C=O) groups excluding carboxylic acids is 1. The average Bonchev–Trinajstić information content (AvgIpc) is 3.20. The average molecular weight is 365 g/mol. The van der Waals surface area contributed by atoms with Crippen molar-refractivity contribution in [3.05, 3.63) is 108 Å². The van der Waals surface area contributed by atoms with Crippen LogP contribution in [0.15, 0.2) is 96.0 Å². The van der Waals surface area contributed by atoms with Gasteiger partial charge in [-0.25, -0.2) is 10.3 Å². The number of Topliss-reactive ketones (excluding diaryl/α,β-unsaturated/α-hetero) is 1. The van der Waals surface area contributed by atoms with Crippen molar-refractivity contribution < 1.29 is 4.79 Å². The minimum atomic E-state index is 0.165. The fraction of sp³-hybridized carbons (Fsp3) is 0.120. The minimum Gasteiger partial charge on any atom is -0.294 e. The van der Waals surface area contributed by atoms with Crippen LogP contribution in [0.1, 0.15) is 40.7 Å². The summed E-state index contributed by atoms with van der Waals surface area (Å²) in [4.78, 5) is 17.1. The summed E-state index contributed by atoms with van der Waals surface area (Å²) in [6.07, 6.45) is 1.92. The molecular weight excluding hydrogens is 344 g/mol. The van der Waals surface area contributed by atoms with Crippen LogP contribution in [0.3, 0.4) is 0 Å². The normalized spacial score (nSPS) is 13.2. The van der Waals surface area contributed by atoms with Gasteiger partial charge < -0.3 is 0 Å². The third kappa shape index (κ3) is 4.09. The van der Waals surface area contributed by atoms with Crippen molar-refractivity contribution in [2.24, 2.45) is 4.99 Å². The molecule has 1 heterocycles. The van der Waals surface area contributed by atoms with E-state index in [0.29, 0.717) is 12.8 Å². The highest BCUT2D eigenvalue weighted by atomic mass is 16.1. The lowest BCUT2D eigenvalue weighted by molar-refractivity contribution is 0.0981. The second-order valence-corrected chi connectivity index (χ2v) is 6.71. The van der Waals surface area contributed by atoms with Gasteiger partial charge in [-0.3, -0.25) is 4.79 Å². The van der Waals surface area contributed by atoms with Gasteiger partial charge in [0.15, 0.2) is 5.78 Å². The van der Waals surface area contributed by atoms with Gasteiger partial charge in [-0.05, 0) is 6.42 Å². The number of benzene rings is 3. The number of hydrogen-bond donors (Lipinski definition) is 0. The maximum Gasteiger partial charge on any atom is 0.162 e. The van der Waals surface area contributed by atoms with E-state index in [1.807, 2.05) is 66.7 Å². The van der Waals surface area contributed by atoms with Crippen LogP contribution in [0.2, 0.25) is 0 Å². The highest BCUT2D eigenvalue weighted by Crippen LogP contribution is 2.31. The molecule has 137 valence electrons. The summed E-state index contributed by atoms with van der Waals surface area (Å²) < 4.78 is 0. The van der Waals surface area contributed by atoms with Crippen molar-refractivity contribution in [1.29, 1.82) is 0 Å². The van der Waals surface area contributed by atoms with E-state index in [1.165, 1.54) is 0 Å². The molecule has 3 heteroatoms. The summed E-state index contributed by atoms with van der Waals surface area (Å²) >= 11 is 0. The van der Waals surface area contributed by atoms with E-state index in [2.05, 4.69) is 24.3 Å². The molecule has 3 aromatic carbocycles. The number of amidine groups is 1. The molecule has 0 aromatic heterocycles. The van der Waals surface area contributed by atoms with Gasteiger partial charge in [0.1, 0.15) is 5.84 Å². The number of hydrogen-bond acceptors (Lipinski definition) is 2. The lowest BCUT2D eigenvalue weighted by Gasteiger charge is -2.06. The quantitative estimate of drug-likeness (QED) is 0.504. The second kappa shape index (κ2) is 8.49. The minimum absolute atomic E-state index is 0.165. The molecule has 1 aliphatic heterocycles. The van der Waals surface area contributed by atoms with Gasteiger partial charge in [0.2, 0.25) is 0 Å². The zero-order valence-corrected chi connectivity index (χ0v) is 15.6. The molecule has 0 saturated heterocycles. The molecule has 28 heavy (non-hydrogen) atoms. The largest absolute Gasteiger partial charge is 0.294 e. The topological polar surface area (TPSA) is 43.5 Å². The Hall–Kier alpha value is -3.46. The van der Waals surface area contributed by atoms with Crippen molar-refractivity contribution in [2.45, 2.75) is 19.3 Å². The molecule has 0 amide bonds. The summed E-state index contributed by atoms with van der Waals surface area (Å²) in [5, 5.41) is 4.80. The van der Waals surface area contributed by atoms with Gasteiger partial charge in [-0.1, -0.05) is 91.0 Å². The van der Waals surface area contributed by atoms with Crippen molar-refractivity contribution in [2.75, 3.05) is 0 Å². The van der Waals surface area contributed by atoms with Crippen LogP contribution in [0.4, 0.5) is 0 Å². The molecule has 0 atom stereocenters. The summed E-state index contributed by atoms with van der Waals surface area (Å²) in [5.41, 5.74) is 4.68. The lowest BCUT2D eigenvalue weighted by atomic mass is 10.1. The zero-order valence-electron chi connectivity index (χ0n) is 15.6. The molecule has 4 rings (SSSR count). The van der Waals surface area contributed by atoms with Gasteiger partial charge in [0.05, 0.1) is 11.4 Å². The summed E-state index contributed by atoms with van der Waals surface area (Å²) in [5.74, 6) is 0.956. The van der Waals surface area contributed by atoms with E-state index < -0.39 is 0 Å². The molecule has 0 fully saturated rings. The fourth-order valence-electron chi connectivity index (χ4n) is 3.27. The van der Waals surface area contributed by atoms with Gasteiger partial charge in [0.25, 0.3) is 0 Å². The van der Waals surface area contributed by atoms with E-state index in [4.69, 9.17) is 10.3 Å². The predicted molar refractivity (Wildman–Crippen MR) is 114 cm³/mol. The van der Waals surface area contributed by atoms with Gasteiger partial charge >= 0.3 is 0 Å². The zero-order chi connectivity index (χ0) is 19.2. The maximum absolute atomic E-state index is 12.3. The van der Waals surface area contributed by atoms with E-state index >= 15 is 0 Å². The molecule has 0 unspecified atom stereocenters. The lowest BCUT2D eigenvalue weighted by Crippen LogP contribution is -2.11. The van der Waals surface area contributed by atoms with E-state index in [1.54, 1.807) is 0 Å². The summed E-state index contributed by atoms with van der Waals surface area (Å²) in [6.45, 7) is 0. The molecule has 0 N–H and O–H groups in total. The first-order valence-electron chi connectivity index (χ1n) is 9.54. The highest BCUT2D eigenvalue weighted by molar-refractivity contribution is 6.07. The number of nitrogens with zero attached hydrogens (tertiary/aromatic N) is 2. The Morgan fingerprint density at radius 2 is 1.21 bits per heavy atom. The molecule has 1 radical (unpaired) electrons. The van der Waals surface area contributed by atoms with Crippen LogP contribution in [-0.4, -0.2) is 11.6 Å². The first-order valence-corrected chi connectivity index (χ1v) is 9.54. The molecule has 1 aliphatic rings. The first-order chi connectivity index (χ1) is 13.8. The van der Waals surface area contributed by atoms with Crippen molar-refractivity contribution in [1.82, 2.24) is 5.32 Å². The fourth-order valence-corrected chi connectivity index (χ4v) is 3.27. The molecule has 0 aliphatic carbocycles. The van der Waals surface area contributed by atoms with E-state index in [0.717, 1.165) is 40.3 Å². The number of carbonyl (C=O) groups is 1. The molecule has 3 nitrogen and oxygen atoms in total. The number of ketones is 1. The maximum atomic E-state index is 12.3. The summed E-state index contributed by atoms with van der Waals surface area (Å²) in [7, 11) is 0. The molecule has 0 bridgehead atoms. The van der Waals surface area contributed by atoms with Gasteiger partial charge in [0, 0.05) is 29.5 Å². The Morgan fingerprint density at radius 3 is 1.82 bits per heavy atom. The van der Waals surface area contributed by atoms with E-state index in [-0.39, 0.29) is 5.78 Å². The van der Waals surface area contributed by atoms with Gasteiger partial charge in [-0.2, -0.15) is 0 Å². The molecular formula is C25H21N2O. The van der Waals surface area contributed by atoms with Crippen molar-refractivity contribution >= 4 is 23.0 Å². The van der Waals surface area contributed by atoms with Crippen molar-refractivity contribution in [3.8, 4) is 0 Å². The Morgan fingerprint density at radius 1 is 0.679 bits per heavy atom. The van der Waals surface area contributed by atoms with E-state index in [9.17, 15) is 4.79 Å². The Balaban J connectivity index is 1.47. The number of rotatable bonds is 7. The smallest absolute Gasteiger partial charge is 0.162 e. The third-order valence-corrected chi connectivity index (χ3v) is 4.70. The molecule has 0 spiro atoms. The van der Waals surface area contributed by atoms with Crippen LogP contribution in [0.25, 0.3) is 11.4 Å². The van der Waals surface area contributed by atoms with Crippen LogP contribution in [-0.2, 0) is 0 Å². The third-order valence-electron chi connectivity index (χ3n) is 4.70. The van der Waals surface area contributed by atoms with Gasteiger partial charge in [-0.15, -0.1) is 0 Å². The predicted octanol–water partition coefficient (Wildman–Crippen LogP) is 5.58. The standard InChI is InChI=1S/C25H21N2O/c28-22(19-11-4-1-5-12-19)17-10-18-23-26-24(20-13-6-2-7-14-20)25(27-23)21-15-8-3-9-16-21/h1-9,11-16H,10,17-18H2. The molecule has 3 aromatic rings. The first kappa shape index (κ1) is 17.9. The Bertz CT molecular complexity index is 1010. The number of aliphatic imine (C=N–C) groups is 1. The second-order valence-electron chi connectivity index (χ2n) is 6.71.